The smallest absolute Gasteiger partial charge is 0.339 e. The lowest BCUT2D eigenvalue weighted by molar-refractivity contribution is 0.0600. The van der Waals surface area contributed by atoms with Crippen LogP contribution >= 0.6 is 11.3 Å². The van der Waals surface area contributed by atoms with E-state index in [2.05, 4.69) is 38.2 Å². The quantitative estimate of drug-likeness (QED) is 0.674. The number of carbonyl (C=O) groups is 2. The maximum Gasteiger partial charge on any atom is 0.339 e. The van der Waals surface area contributed by atoms with E-state index in [1.54, 1.807) is 0 Å². The molecular formula is C21H19N3O3S. The zero-order chi connectivity index (χ0) is 19.5. The van der Waals surface area contributed by atoms with Gasteiger partial charge in [-0.25, -0.2) is 9.78 Å². The number of aryl methyl sites for hydroxylation is 2. The number of carbonyl (C=O) groups excluding carboxylic acids is 2. The summed E-state index contributed by atoms with van der Waals surface area (Å²) in [6, 6.07) is 9.49. The molecular weight excluding hydrogens is 374 g/mol. The molecule has 6 nitrogen and oxygen atoms in total. The molecule has 7 heteroatoms. The van der Waals surface area contributed by atoms with E-state index in [1.807, 2.05) is 5.38 Å². The molecule has 0 saturated heterocycles. The van der Waals surface area contributed by atoms with Crippen LogP contribution in [0.4, 0.5) is 5.13 Å². The standard InChI is InChI=1S/C21H19N3O3S/c1-27-20(26)16-8-9-17(22-11-16)19(25)24-21-23-18(12-28-21)15-7-6-13-4-2-3-5-14(13)10-15/h6-12H,2-5H2,1H3,(H,23,24,25). The van der Waals surface area contributed by atoms with E-state index in [0.717, 1.165) is 24.1 Å². The summed E-state index contributed by atoms with van der Waals surface area (Å²) in [4.78, 5) is 32.4. The maximum atomic E-state index is 12.4. The Labute approximate surface area is 166 Å². The van der Waals surface area contributed by atoms with E-state index < -0.39 is 5.97 Å². The van der Waals surface area contributed by atoms with E-state index in [4.69, 9.17) is 0 Å². The van der Waals surface area contributed by atoms with Gasteiger partial charge in [-0.15, -0.1) is 11.3 Å². The lowest BCUT2D eigenvalue weighted by atomic mass is 9.90. The van der Waals surface area contributed by atoms with Gasteiger partial charge in [-0.2, -0.15) is 0 Å². The topological polar surface area (TPSA) is 81.2 Å². The van der Waals surface area contributed by atoms with Gasteiger partial charge in [-0.1, -0.05) is 12.1 Å². The van der Waals surface area contributed by atoms with Crippen molar-refractivity contribution >= 4 is 28.3 Å². The second kappa shape index (κ2) is 7.90. The Hall–Kier alpha value is -3.06. The van der Waals surface area contributed by atoms with Crippen molar-refractivity contribution in [1.29, 1.82) is 0 Å². The van der Waals surface area contributed by atoms with Gasteiger partial charge in [0.25, 0.3) is 5.91 Å². The van der Waals surface area contributed by atoms with Crippen LogP contribution in [0.15, 0.2) is 41.9 Å². The number of methoxy groups -OCH3 is 1. The minimum atomic E-state index is -0.492. The van der Waals surface area contributed by atoms with Crippen molar-refractivity contribution in [3.63, 3.8) is 0 Å². The van der Waals surface area contributed by atoms with E-state index in [9.17, 15) is 9.59 Å². The number of nitrogens with zero attached hydrogens (tertiary/aromatic N) is 2. The fourth-order valence-corrected chi connectivity index (χ4v) is 4.00. The minimum absolute atomic E-state index is 0.207. The number of nitrogens with one attached hydrogen (secondary N) is 1. The first-order chi connectivity index (χ1) is 13.6. The molecule has 28 heavy (non-hydrogen) atoms. The van der Waals surface area contributed by atoms with Crippen molar-refractivity contribution in [3.8, 4) is 11.3 Å². The molecule has 4 rings (SSSR count). The average molecular weight is 393 g/mol. The Kier molecular flexibility index (Phi) is 5.16. The Bertz CT molecular complexity index is 1030. The van der Waals surface area contributed by atoms with Gasteiger partial charge < -0.3 is 4.74 Å². The summed E-state index contributed by atoms with van der Waals surface area (Å²) in [5.41, 5.74) is 5.25. The highest BCUT2D eigenvalue weighted by Gasteiger charge is 2.14. The van der Waals surface area contributed by atoms with Crippen molar-refractivity contribution < 1.29 is 14.3 Å². The summed E-state index contributed by atoms with van der Waals surface area (Å²) >= 11 is 1.37. The number of esters is 1. The second-order valence-electron chi connectivity index (χ2n) is 6.61. The number of benzene rings is 1. The number of fused-ring (bicyclic) bond motifs is 1. The fourth-order valence-electron chi connectivity index (χ4n) is 3.28. The molecule has 142 valence electrons. The molecule has 0 fully saturated rings. The molecule has 2 aromatic heterocycles. The van der Waals surface area contributed by atoms with Crippen LogP contribution in [0.25, 0.3) is 11.3 Å². The molecule has 1 aromatic carbocycles. The third-order valence-electron chi connectivity index (χ3n) is 4.79. The van der Waals surface area contributed by atoms with Crippen molar-refractivity contribution in [2.24, 2.45) is 0 Å². The first kappa shape index (κ1) is 18.3. The Morgan fingerprint density at radius 2 is 1.93 bits per heavy atom. The van der Waals surface area contributed by atoms with Gasteiger partial charge in [0.2, 0.25) is 0 Å². The SMILES string of the molecule is COC(=O)c1ccc(C(=O)Nc2nc(-c3ccc4c(c3)CCCC4)cs2)nc1. The molecule has 1 N–H and O–H groups in total. The highest BCUT2D eigenvalue weighted by Crippen LogP contribution is 2.29. The van der Waals surface area contributed by atoms with Crippen LogP contribution in [0.1, 0.15) is 44.8 Å². The first-order valence-electron chi connectivity index (χ1n) is 9.07. The molecule has 1 aliphatic carbocycles. The molecule has 0 atom stereocenters. The summed E-state index contributed by atoms with van der Waals surface area (Å²) in [7, 11) is 1.30. The van der Waals surface area contributed by atoms with Crippen LogP contribution in [-0.2, 0) is 17.6 Å². The molecule has 1 aliphatic rings. The lowest BCUT2D eigenvalue weighted by Crippen LogP contribution is -2.14. The van der Waals surface area contributed by atoms with Gasteiger partial charge in [-0.3, -0.25) is 15.1 Å². The number of amides is 1. The second-order valence-corrected chi connectivity index (χ2v) is 7.46. The number of ether oxygens (including phenoxy) is 1. The normalized spacial score (nSPS) is 12.9. The summed E-state index contributed by atoms with van der Waals surface area (Å²) in [6.07, 6.45) is 6.07. The number of hydrogen-bond donors (Lipinski definition) is 1. The molecule has 0 saturated carbocycles. The third kappa shape index (κ3) is 3.80. The van der Waals surface area contributed by atoms with E-state index in [-0.39, 0.29) is 11.6 Å². The van der Waals surface area contributed by atoms with Crippen LogP contribution in [0, 0.1) is 0 Å². The van der Waals surface area contributed by atoms with Crippen LogP contribution in [0.3, 0.4) is 0 Å². The highest BCUT2D eigenvalue weighted by molar-refractivity contribution is 7.14. The van der Waals surface area contributed by atoms with Crippen LogP contribution in [0.2, 0.25) is 0 Å². The van der Waals surface area contributed by atoms with Gasteiger partial charge >= 0.3 is 5.97 Å². The molecule has 0 unspecified atom stereocenters. The van der Waals surface area contributed by atoms with Crippen LogP contribution in [0.5, 0.6) is 0 Å². The zero-order valence-corrected chi connectivity index (χ0v) is 16.2. The molecule has 0 bridgehead atoms. The molecule has 2 heterocycles. The monoisotopic (exact) mass is 393 g/mol. The van der Waals surface area contributed by atoms with Crippen molar-refractivity contribution in [2.75, 3.05) is 12.4 Å². The predicted octanol–water partition coefficient (Wildman–Crippen LogP) is 4.12. The zero-order valence-electron chi connectivity index (χ0n) is 15.4. The van der Waals surface area contributed by atoms with E-state index in [1.165, 1.54) is 60.7 Å². The lowest BCUT2D eigenvalue weighted by Gasteiger charge is -2.16. The summed E-state index contributed by atoms with van der Waals surface area (Å²) in [5.74, 6) is -0.864. The number of pyridine rings is 1. The van der Waals surface area contributed by atoms with Crippen LogP contribution < -0.4 is 5.32 Å². The number of anilines is 1. The molecule has 0 spiro atoms. The van der Waals surface area contributed by atoms with Gasteiger partial charge in [0.05, 0.1) is 18.4 Å². The van der Waals surface area contributed by atoms with Crippen molar-refractivity contribution in [2.45, 2.75) is 25.7 Å². The Morgan fingerprint density at radius 3 is 2.68 bits per heavy atom. The minimum Gasteiger partial charge on any atom is -0.465 e. The van der Waals surface area contributed by atoms with Crippen LogP contribution in [-0.4, -0.2) is 29.0 Å². The van der Waals surface area contributed by atoms with Gasteiger partial charge in [0, 0.05) is 17.1 Å². The third-order valence-corrected chi connectivity index (χ3v) is 5.54. The number of thiazole rings is 1. The summed E-state index contributed by atoms with van der Waals surface area (Å²) < 4.78 is 4.62. The maximum absolute atomic E-state index is 12.4. The Balaban J connectivity index is 1.47. The molecule has 0 aliphatic heterocycles. The van der Waals surface area contributed by atoms with Gasteiger partial charge in [-0.05, 0) is 55.0 Å². The highest BCUT2D eigenvalue weighted by atomic mass is 32.1. The number of hydrogen-bond acceptors (Lipinski definition) is 6. The first-order valence-corrected chi connectivity index (χ1v) is 9.95. The number of rotatable bonds is 4. The van der Waals surface area contributed by atoms with Crippen molar-refractivity contribution in [1.82, 2.24) is 9.97 Å². The average Bonchev–Trinajstić information content (AvgIpc) is 3.21. The predicted molar refractivity (Wildman–Crippen MR) is 108 cm³/mol. The number of aromatic nitrogens is 2. The summed E-state index contributed by atoms with van der Waals surface area (Å²) in [5, 5.41) is 5.21. The summed E-state index contributed by atoms with van der Waals surface area (Å²) in [6.45, 7) is 0. The van der Waals surface area contributed by atoms with E-state index in [0.29, 0.717) is 10.7 Å². The molecule has 3 aromatic rings. The largest absolute Gasteiger partial charge is 0.465 e. The molecule has 1 amide bonds. The van der Waals surface area contributed by atoms with Gasteiger partial charge in [0.15, 0.2) is 5.13 Å². The Morgan fingerprint density at radius 1 is 1.11 bits per heavy atom. The van der Waals surface area contributed by atoms with Crippen molar-refractivity contribution in [3.05, 3.63) is 64.3 Å². The fraction of sp³-hybridized carbons (Fsp3) is 0.238. The van der Waals surface area contributed by atoms with Gasteiger partial charge in [0.1, 0.15) is 5.69 Å². The molecule has 0 radical (unpaired) electrons. The van der Waals surface area contributed by atoms with E-state index >= 15 is 0 Å².